The van der Waals surface area contributed by atoms with Gasteiger partial charge in [-0.2, -0.15) is 0 Å². The van der Waals surface area contributed by atoms with Gasteiger partial charge in [-0.15, -0.1) is 0 Å². The molecule has 2 aromatic heterocycles. The number of benzene rings is 2. The number of fused-ring (bicyclic) bond motifs is 2. The minimum Gasteiger partial charge on any atom is -0.370 e. The molecule has 1 aliphatic heterocycles. The van der Waals surface area contributed by atoms with Gasteiger partial charge in [-0.05, 0) is 62.7 Å². The predicted molar refractivity (Wildman–Crippen MR) is 139 cm³/mol. The number of nitrogens with zero attached hydrogens (tertiary/aromatic N) is 3. The van der Waals surface area contributed by atoms with E-state index in [2.05, 4.69) is 13.8 Å². The van der Waals surface area contributed by atoms with Crippen LogP contribution >= 0.6 is 11.8 Å². The summed E-state index contributed by atoms with van der Waals surface area (Å²) in [6.45, 7) is 6.52. The topological polar surface area (TPSA) is 74.1 Å². The summed E-state index contributed by atoms with van der Waals surface area (Å²) in [4.78, 5) is 36.1. The first-order valence-electron chi connectivity index (χ1n) is 11.8. The number of carbonyl (C=O) groups is 1. The van der Waals surface area contributed by atoms with Crippen LogP contribution in [0.1, 0.15) is 47.4 Å². The molecule has 0 aliphatic carbocycles. The molecule has 0 radical (unpaired) electrons. The van der Waals surface area contributed by atoms with Gasteiger partial charge in [0.15, 0.2) is 16.6 Å². The highest BCUT2D eigenvalue weighted by Gasteiger charge is 2.31. The number of pyridine rings is 1. The quantitative estimate of drug-likeness (QED) is 0.198. The maximum Gasteiger partial charge on any atom is 0.268 e. The van der Waals surface area contributed by atoms with Crippen molar-refractivity contribution in [2.45, 2.75) is 51.0 Å². The van der Waals surface area contributed by atoms with Crippen molar-refractivity contribution in [3.8, 4) is 5.69 Å². The number of halogens is 1. The number of ketones is 1. The van der Waals surface area contributed by atoms with E-state index in [1.54, 1.807) is 0 Å². The van der Waals surface area contributed by atoms with E-state index in [-0.39, 0.29) is 22.7 Å². The lowest BCUT2D eigenvalue weighted by atomic mass is 9.91. The Balaban J connectivity index is 1.59. The Labute approximate surface area is 212 Å². The molecule has 1 atom stereocenters. The molecule has 0 amide bonds. The van der Waals surface area contributed by atoms with Gasteiger partial charge in [-0.1, -0.05) is 36.4 Å². The molecular formula is C28H26FN3O3S. The van der Waals surface area contributed by atoms with Crippen molar-refractivity contribution in [2.24, 2.45) is 0 Å². The third-order valence-electron chi connectivity index (χ3n) is 6.65. The fourth-order valence-electron chi connectivity index (χ4n) is 4.20. The Kier molecular flexibility index (Phi) is 6.49. The average molecular weight is 504 g/mol. The van der Waals surface area contributed by atoms with Crippen LogP contribution < -0.4 is 5.56 Å². The largest absolute Gasteiger partial charge is 0.370 e. The van der Waals surface area contributed by atoms with Gasteiger partial charge in [0, 0.05) is 17.5 Å². The van der Waals surface area contributed by atoms with Crippen LogP contribution in [0.5, 0.6) is 0 Å². The van der Waals surface area contributed by atoms with E-state index in [9.17, 15) is 14.0 Å². The normalized spacial score (nSPS) is 17.2. The van der Waals surface area contributed by atoms with Gasteiger partial charge in [-0.3, -0.25) is 14.2 Å². The molecule has 5 rings (SSSR count). The Morgan fingerprint density at radius 3 is 2.56 bits per heavy atom. The number of aryl methyl sites for hydroxylation is 1. The molecule has 0 fully saturated rings. The number of carbonyl (C=O) groups excluding carboxylic acids is 1. The number of ether oxygens (including phenoxy) is 1. The average Bonchev–Trinajstić information content (AvgIpc) is 2.87. The van der Waals surface area contributed by atoms with Crippen LogP contribution in [0.3, 0.4) is 0 Å². The molecule has 36 heavy (non-hydrogen) atoms. The standard InChI is InChI=1S/C28H26FN3O3S/c1-4-28(3)14-23-19(15-35-28)13-22-25(30-23)31-27(32(26(22)34)21-11-5-17(2)6-12-21)36-16-24(33)18-7-9-20(29)10-8-18/h5-13H,4,14-16H2,1-3H3/t28-/m1/s1. The van der Waals surface area contributed by atoms with Gasteiger partial charge in [0.2, 0.25) is 0 Å². The van der Waals surface area contributed by atoms with Crippen molar-refractivity contribution in [3.63, 3.8) is 0 Å². The molecule has 0 unspecified atom stereocenters. The van der Waals surface area contributed by atoms with Crippen molar-refractivity contribution < 1.29 is 13.9 Å². The molecule has 0 N–H and O–H groups in total. The third kappa shape index (κ3) is 4.70. The lowest BCUT2D eigenvalue weighted by molar-refractivity contribution is -0.0573. The number of thioether (sulfide) groups is 1. The van der Waals surface area contributed by atoms with Gasteiger partial charge in [0.05, 0.1) is 34.7 Å². The molecule has 1 aliphatic rings. The summed E-state index contributed by atoms with van der Waals surface area (Å²) in [6.07, 6.45) is 1.49. The summed E-state index contributed by atoms with van der Waals surface area (Å²) in [6, 6.07) is 14.8. The van der Waals surface area contributed by atoms with Crippen molar-refractivity contribution in [2.75, 3.05) is 5.75 Å². The number of Topliss-reactive ketones (excluding diaryl/α,β-unsaturated/α-hetero) is 1. The summed E-state index contributed by atoms with van der Waals surface area (Å²) >= 11 is 1.17. The highest BCUT2D eigenvalue weighted by atomic mass is 32.2. The SMILES string of the molecule is CC[C@]1(C)Cc2nc3nc(SCC(=O)c4ccc(F)cc4)n(-c4ccc(C)cc4)c(=O)c3cc2CO1. The zero-order chi connectivity index (χ0) is 25.4. The highest BCUT2D eigenvalue weighted by molar-refractivity contribution is 7.99. The molecule has 0 spiro atoms. The van der Waals surface area contributed by atoms with E-state index < -0.39 is 5.82 Å². The second-order valence-corrected chi connectivity index (χ2v) is 10.3. The molecule has 0 saturated heterocycles. The number of hydrogen-bond donors (Lipinski definition) is 0. The van der Waals surface area contributed by atoms with E-state index in [1.807, 2.05) is 37.3 Å². The van der Waals surface area contributed by atoms with Crippen LogP contribution in [0.15, 0.2) is 64.5 Å². The van der Waals surface area contributed by atoms with Gasteiger partial charge in [0.1, 0.15) is 5.82 Å². The van der Waals surface area contributed by atoms with Crippen molar-refractivity contribution in [1.29, 1.82) is 0 Å². The van der Waals surface area contributed by atoms with Crippen LogP contribution in [0, 0.1) is 12.7 Å². The fourth-order valence-corrected chi connectivity index (χ4v) is 5.10. The monoisotopic (exact) mass is 503 g/mol. The first kappa shape index (κ1) is 24.3. The van der Waals surface area contributed by atoms with Gasteiger partial charge in [0.25, 0.3) is 5.56 Å². The van der Waals surface area contributed by atoms with Crippen LogP contribution in [0.4, 0.5) is 4.39 Å². The minimum atomic E-state index is -0.400. The third-order valence-corrected chi connectivity index (χ3v) is 7.59. The Bertz CT molecular complexity index is 1520. The van der Waals surface area contributed by atoms with Gasteiger partial charge >= 0.3 is 0 Å². The molecule has 8 heteroatoms. The Morgan fingerprint density at radius 2 is 1.86 bits per heavy atom. The zero-order valence-corrected chi connectivity index (χ0v) is 21.2. The molecular weight excluding hydrogens is 477 g/mol. The molecule has 0 saturated carbocycles. The van der Waals surface area contributed by atoms with E-state index in [4.69, 9.17) is 14.7 Å². The zero-order valence-electron chi connectivity index (χ0n) is 20.4. The summed E-state index contributed by atoms with van der Waals surface area (Å²) in [5, 5.41) is 0.789. The molecule has 0 bridgehead atoms. The number of rotatable bonds is 6. The van der Waals surface area contributed by atoms with Gasteiger partial charge < -0.3 is 4.74 Å². The molecule has 4 aromatic rings. The molecule has 6 nitrogen and oxygen atoms in total. The Hall–Kier alpha value is -3.36. The summed E-state index contributed by atoms with van der Waals surface area (Å²) < 4.78 is 20.9. The second-order valence-electron chi connectivity index (χ2n) is 9.32. The highest BCUT2D eigenvalue weighted by Crippen LogP contribution is 2.31. The number of hydrogen-bond acceptors (Lipinski definition) is 6. The maximum atomic E-state index is 13.8. The smallest absolute Gasteiger partial charge is 0.268 e. The van der Waals surface area contributed by atoms with Crippen molar-refractivity contribution in [3.05, 3.63) is 93.2 Å². The molecule has 2 aromatic carbocycles. The second kappa shape index (κ2) is 9.59. The van der Waals surface area contributed by atoms with Gasteiger partial charge in [-0.25, -0.2) is 14.4 Å². The van der Waals surface area contributed by atoms with E-state index in [0.29, 0.717) is 40.5 Å². The van der Waals surface area contributed by atoms with E-state index >= 15 is 0 Å². The van der Waals surface area contributed by atoms with Crippen LogP contribution in [0.25, 0.3) is 16.7 Å². The molecule has 184 valence electrons. The maximum absolute atomic E-state index is 13.8. The molecule has 3 heterocycles. The van der Waals surface area contributed by atoms with E-state index in [1.165, 1.54) is 40.6 Å². The lowest BCUT2D eigenvalue weighted by Crippen LogP contribution is -2.35. The first-order chi connectivity index (χ1) is 17.3. The minimum absolute atomic E-state index is 0.0438. The van der Waals surface area contributed by atoms with Crippen LogP contribution in [-0.2, 0) is 17.8 Å². The van der Waals surface area contributed by atoms with Crippen molar-refractivity contribution in [1.82, 2.24) is 14.5 Å². The Morgan fingerprint density at radius 1 is 1.14 bits per heavy atom. The summed E-state index contributed by atoms with van der Waals surface area (Å²) in [5.74, 6) is -0.538. The van der Waals surface area contributed by atoms with Crippen LogP contribution in [-0.4, -0.2) is 31.7 Å². The van der Waals surface area contributed by atoms with Crippen LogP contribution in [0.2, 0.25) is 0 Å². The summed E-state index contributed by atoms with van der Waals surface area (Å²) in [5.41, 5.74) is 3.71. The summed E-state index contributed by atoms with van der Waals surface area (Å²) in [7, 11) is 0. The van der Waals surface area contributed by atoms with E-state index in [0.717, 1.165) is 23.2 Å². The lowest BCUT2D eigenvalue weighted by Gasteiger charge is -2.33. The van der Waals surface area contributed by atoms with Crippen molar-refractivity contribution >= 4 is 28.6 Å². The first-order valence-corrected chi connectivity index (χ1v) is 12.8. The fraction of sp³-hybridized carbons (Fsp3) is 0.286. The number of aromatic nitrogens is 3. The predicted octanol–water partition coefficient (Wildman–Crippen LogP) is 5.44.